The van der Waals surface area contributed by atoms with Gasteiger partial charge in [0.05, 0.1) is 17.6 Å². The zero-order valence-corrected chi connectivity index (χ0v) is 12.8. The first-order valence-corrected chi connectivity index (χ1v) is 7.14. The molecule has 1 aromatic rings. The van der Waals surface area contributed by atoms with Crippen LogP contribution < -0.4 is 0 Å². The average molecular weight is 309 g/mol. The summed E-state index contributed by atoms with van der Waals surface area (Å²) in [7, 11) is 1.25. The number of para-hydroxylation sites is 1. The van der Waals surface area contributed by atoms with Crippen molar-refractivity contribution in [1.82, 2.24) is 0 Å². The van der Waals surface area contributed by atoms with Crippen molar-refractivity contribution in [3.63, 3.8) is 0 Å². The first-order valence-electron chi connectivity index (χ1n) is 7.14. The molecule has 1 heterocycles. The van der Waals surface area contributed by atoms with Crippen LogP contribution in [0.15, 0.2) is 24.3 Å². The molecule has 0 N–H and O–H groups in total. The molecule has 2 rings (SSSR count). The first kappa shape index (κ1) is 16.4. The van der Waals surface area contributed by atoms with Crippen LogP contribution in [0.3, 0.4) is 0 Å². The summed E-state index contributed by atoms with van der Waals surface area (Å²) in [4.78, 5) is 22.7. The Bertz CT molecular complexity index is 569. The normalized spacial score (nSPS) is 23.2. The third-order valence-corrected chi connectivity index (χ3v) is 3.91. The van der Waals surface area contributed by atoms with Gasteiger partial charge in [-0.05, 0) is 18.9 Å². The zero-order chi connectivity index (χ0) is 16.3. The Labute approximate surface area is 128 Å². The highest BCUT2D eigenvalue weighted by molar-refractivity contribution is 5.76. The molecule has 7 nitrogen and oxygen atoms in total. The topological polar surface area (TPSA) is 87.9 Å². The molecule has 0 spiro atoms. The smallest absolute Gasteiger partial charge is 0.338 e. The highest BCUT2D eigenvalue weighted by atomic mass is 16.8. The third kappa shape index (κ3) is 2.82. The molecule has 1 fully saturated rings. The number of benzene rings is 1. The van der Waals surface area contributed by atoms with E-state index < -0.39 is 28.9 Å². The molecule has 0 aromatic heterocycles. The predicted octanol–water partition coefficient (Wildman–Crippen LogP) is 2.74. The van der Waals surface area contributed by atoms with Crippen LogP contribution in [0.5, 0.6) is 0 Å². The molecule has 22 heavy (non-hydrogen) atoms. The van der Waals surface area contributed by atoms with Crippen LogP contribution >= 0.6 is 0 Å². The van der Waals surface area contributed by atoms with Crippen molar-refractivity contribution in [1.29, 1.82) is 0 Å². The monoisotopic (exact) mass is 309 g/mol. The summed E-state index contributed by atoms with van der Waals surface area (Å²) >= 11 is 0. The van der Waals surface area contributed by atoms with Gasteiger partial charge >= 0.3 is 5.97 Å². The minimum Gasteiger partial charge on any atom is -0.467 e. The lowest BCUT2D eigenvalue weighted by molar-refractivity contribution is -0.386. The van der Waals surface area contributed by atoms with Crippen LogP contribution in [0.4, 0.5) is 5.69 Å². The van der Waals surface area contributed by atoms with Crippen molar-refractivity contribution in [2.24, 2.45) is 0 Å². The van der Waals surface area contributed by atoms with Crippen LogP contribution in [-0.2, 0) is 19.0 Å². The molecule has 120 valence electrons. The predicted molar refractivity (Wildman–Crippen MR) is 77.1 cm³/mol. The van der Waals surface area contributed by atoms with Gasteiger partial charge in [-0.1, -0.05) is 26.0 Å². The molecule has 2 atom stereocenters. The van der Waals surface area contributed by atoms with Gasteiger partial charge in [0.2, 0.25) is 0 Å². The maximum atomic E-state index is 12.0. The fourth-order valence-corrected chi connectivity index (χ4v) is 2.61. The van der Waals surface area contributed by atoms with Crippen molar-refractivity contribution >= 4 is 11.7 Å². The SMILES string of the molecule is CCC1(CC)O[C@H](C(=O)OC)[C@H](c2ccccc2[N+](=O)[O-])O1. The second kappa shape index (κ2) is 6.41. The fourth-order valence-electron chi connectivity index (χ4n) is 2.61. The van der Waals surface area contributed by atoms with Gasteiger partial charge in [0.15, 0.2) is 11.9 Å². The van der Waals surface area contributed by atoms with E-state index in [0.29, 0.717) is 18.4 Å². The van der Waals surface area contributed by atoms with Crippen LogP contribution in [0.2, 0.25) is 0 Å². The first-order chi connectivity index (χ1) is 10.5. The van der Waals surface area contributed by atoms with Gasteiger partial charge in [0, 0.05) is 6.07 Å². The minimum atomic E-state index is -1.02. The summed E-state index contributed by atoms with van der Waals surface area (Å²) < 4.78 is 16.5. The van der Waals surface area contributed by atoms with Crippen molar-refractivity contribution in [2.45, 2.75) is 44.7 Å². The Morgan fingerprint density at radius 2 is 1.95 bits per heavy atom. The van der Waals surface area contributed by atoms with Gasteiger partial charge < -0.3 is 14.2 Å². The molecule has 1 aliphatic rings. The molecule has 1 saturated heterocycles. The van der Waals surface area contributed by atoms with E-state index in [2.05, 4.69) is 0 Å². The summed E-state index contributed by atoms with van der Waals surface area (Å²) in [6.45, 7) is 3.75. The molecule has 0 unspecified atom stereocenters. The molecule has 0 aliphatic carbocycles. The lowest BCUT2D eigenvalue weighted by Gasteiger charge is -2.24. The van der Waals surface area contributed by atoms with E-state index in [4.69, 9.17) is 14.2 Å². The Morgan fingerprint density at radius 1 is 1.32 bits per heavy atom. The molecule has 0 amide bonds. The summed E-state index contributed by atoms with van der Waals surface area (Å²) in [6.07, 6.45) is -0.845. The number of carbonyl (C=O) groups is 1. The van der Waals surface area contributed by atoms with Crippen LogP contribution in [-0.4, -0.2) is 29.9 Å². The van der Waals surface area contributed by atoms with Gasteiger partial charge in [0.25, 0.3) is 5.69 Å². The number of methoxy groups -OCH3 is 1. The van der Waals surface area contributed by atoms with Crippen molar-refractivity contribution in [2.75, 3.05) is 7.11 Å². The molecule has 0 radical (unpaired) electrons. The second-order valence-corrected chi connectivity index (χ2v) is 5.03. The second-order valence-electron chi connectivity index (χ2n) is 5.03. The molecule has 1 aromatic carbocycles. The number of esters is 1. The van der Waals surface area contributed by atoms with Gasteiger partial charge in [-0.3, -0.25) is 10.1 Å². The molecule has 0 bridgehead atoms. The van der Waals surface area contributed by atoms with E-state index in [0.717, 1.165) is 0 Å². The van der Waals surface area contributed by atoms with Gasteiger partial charge in [-0.15, -0.1) is 0 Å². The number of rotatable bonds is 5. The van der Waals surface area contributed by atoms with Crippen molar-refractivity contribution < 1.29 is 23.9 Å². The zero-order valence-electron chi connectivity index (χ0n) is 12.8. The maximum Gasteiger partial charge on any atom is 0.338 e. The number of carbonyl (C=O) groups excluding carboxylic acids is 1. The maximum absolute atomic E-state index is 12.0. The molecular formula is C15H19NO6. The van der Waals surface area contributed by atoms with Crippen molar-refractivity contribution in [3.05, 3.63) is 39.9 Å². The fraction of sp³-hybridized carbons (Fsp3) is 0.533. The van der Waals surface area contributed by atoms with Crippen molar-refractivity contribution in [3.8, 4) is 0 Å². The van der Waals surface area contributed by atoms with Gasteiger partial charge in [-0.2, -0.15) is 0 Å². The summed E-state index contributed by atoms with van der Waals surface area (Å²) in [5.41, 5.74) is 0.208. The number of nitro benzene ring substituents is 1. The van der Waals surface area contributed by atoms with Crippen LogP contribution in [0.25, 0.3) is 0 Å². The highest BCUT2D eigenvalue weighted by Crippen LogP contribution is 2.44. The lowest BCUT2D eigenvalue weighted by atomic mass is 10.0. The molecular weight excluding hydrogens is 290 g/mol. The van der Waals surface area contributed by atoms with E-state index in [-0.39, 0.29) is 5.69 Å². The van der Waals surface area contributed by atoms with E-state index in [1.54, 1.807) is 18.2 Å². The molecule has 0 saturated carbocycles. The number of nitrogens with zero attached hydrogens (tertiary/aromatic N) is 1. The van der Waals surface area contributed by atoms with E-state index in [1.807, 2.05) is 13.8 Å². The Balaban J connectivity index is 2.47. The summed E-state index contributed by atoms with van der Waals surface area (Å²) in [6, 6.07) is 6.18. The Hall–Kier alpha value is -1.99. The van der Waals surface area contributed by atoms with Crippen LogP contribution in [0.1, 0.15) is 38.4 Å². The minimum absolute atomic E-state index is 0.104. The standard InChI is InChI=1S/C15H19NO6/c1-4-15(5-2)21-12(13(22-15)14(17)20-3)10-8-6-7-9-11(10)16(18)19/h6-9,12-13H,4-5H2,1-3H3/t12-,13-/m0/s1. The van der Waals surface area contributed by atoms with E-state index in [1.165, 1.54) is 13.2 Å². The van der Waals surface area contributed by atoms with Crippen LogP contribution in [0, 0.1) is 10.1 Å². The summed E-state index contributed by atoms with van der Waals surface area (Å²) in [5, 5.41) is 11.2. The average Bonchev–Trinajstić information content (AvgIpc) is 2.94. The van der Waals surface area contributed by atoms with E-state index >= 15 is 0 Å². The number of ether oxygens (including phenoxy) is 3. The quantitative estimate of drug-likeness (QED) is 0.472. The number of nitro groups is 1. The molecule has 1 aliphatic heterocycles. The lowest BCUT2D eigenvalue weighted by Crippen LogP contribution is -2.32. The Morgan fingerprint density at radius 3 is 2.50 bits per heavy atom. The third-order valence-electron chi connectivity index (χ3n) is 3.91. The largest absolute Gasteiger partial charge is 0.467 e. The Kier molecular flexibility index (Phi) is 4.77. The number of hydrogen-bond donors (Lipinski definition) is 0. The summed E-state index contributed by atoms with van der Waals surface area (Å²) in [5.74, 6) is -1.54. The molecule has 7 heteroatoms. The number of hydrogen-bond acceptors (Lipinski definition) is 6. The van der Waals surface area contributed by atoms with E-state index in [9.17, 15) is 14.9 Å². The highest BCUT2D eigenvalue weighted by Gasteiger charge is 2.51. The van der Waals surface area contributed by atoms with Gasteiger partial charge in [0.1, 0.15) is 6.10 Å². The van der Waals surface area contributed by atoms with Gasteiger partial charge in [-0.25, -0.2) is 4.79 Å².